The van der Waals surface area contributed by atoms with Gasteiger partial charge in [0.15, 0.2) is 0 Å². The molecule has 0 N–H and O–H groups in total. The maximum atomic E-state index is 6.14. The molecule has 0 aliphatic carbocycles. The highest BCUT2D eigenvalue weighted by atomic mass is 35.5. The molecule has 0 unspecified atom stereocenters. The number of halogens is 1. The van der Waals surface area contributed by atoms with Crippen LogP contribution >= 0.6 is 23.4 Å². The lowest BCUT2D eigenvalue weighted by Crippen LogP contribution is -1.99. The Bertz CT molecular complexity index is 594. The number of rotatable bonds is 3. The Hall–Kier alpha value is -1.13. The summed E-state index contributed by atoms with van der Waals surface area (Å²) in [5.41, 5.74) is 3.12. The first kappa shape index (κ1) is 14.3. The Kier molecular flexibility index (Phi) is 4.42. The van der Waals surface area contributed by atoms with Gasteiger partial charge < -0.3 is 0 Å². The van der Waals surface area contributed by atoms with Crippen molar-refractivity contribution in [2.24, 2.45) is 0 Å². The van der Waals surface area contributed by atoms with Gasteiger partial charge in [-0.3, -0.25) is 0 Å². The van der Waals surface area contributed by atoms with Crippen LogP contribution in [-0.2, 0) is 6.42 Å². The average Bonchev–Trinajstić information content (AvgIpc) is 2.33. The minimum Gasteiger partial charge on any atom is -0.246 e. The molecule has 3 nitrogen and oxygen atoms in total. The molecule has 0 spiro atoms. The van der Waals surface area contributed by atoms with Crippen molar-refractivity contribution in [2.45, 2.75) is 44.2 Å². The van der Waals surface area contributed by atoms with Gasteiger partial charge in [0.05, 0.1) is 0 Å². The molecule has 0 aromatic carbocycles. The van der Waals surface area contributed by atoms with Crippen LogP contribution in [0.3, 0.4) is 0 Å². The van der Waals surface area contributed by atoms with Crippen LogP contribution in [0.1, 0.15) is 29.6 Å². The van der Waals surface area contributed by atoms with E-state index in [4.69, 9.17) is 11.6 Å². The van der Waals surface area contributed by atoms with Crippen LogP contribution in [0.4, 0.5) is 0 Å². The molecule has 2 aromatic heterocycles. The predicted octanol–water partition coefficient (Wildman–Crippen LogP) is 4.16. The van der Waals surface area contributed by atoms with Gasteiger partial charge >= 0.3 is 0 Å². The van der Waals surface area contributed by atoms with Crippen molar-refractivity contribution in [3.8, 4) is 0 Å². The summed E-state index contributed by atoms with van der Waals surface area (Å²) >= 11 is 7.68. The summed E-state index contributed by atoms with van der Waals surface area (Å²) in [6.07, 6.45) is 0.772. The fourth-order valence-electron chi connectivity index (χ4n) is 1.72. The van der Waals surface area contributed by atoms with Gasteiger partial charge in [0, 0.05) is 17.7 Å². The minimum atomic E-state index is 0.527. The van der Waals surface area contributed by atoms with Crippen LogP contribution in [0.2, 0.25) is 5.15 Å². The zero-order valence-electron chi connectivity index (χ0n) is 11.5. The van der Waals surface area contributed by atoms with E-state index >= 15 is 0 Å². The van der Waals surface area contributed by atoms with E-state index in [2.05, 4.69) is 34.0 Å². The highest BCUT2D eigenvalue weighted by Gasteiger charge is 2.11. The van der Waals surface area contributed by atoms with Gasteiger partial charge in [-0.05, 0) is 50.2 Å². The fraction of sp³-hybridized carbons (Fsp3) is 0.357. The molecule has 0 saturated heterocycles. The van der Waals surface area contributed by atoms with E-state index in [0.29, 0.717) is 5.15 Å². The van der Waals surface area contributed by atoms with Gasteiger partial charge in [0.1, 0.15) is 21.0 Å². The van der Waals surface area contributed by atoms with Crippen LogP contribution in [0.5, 0.6) is 0 Å². The summed E-state index contributed by atoms with van der Waals surface area (Å²) in [7, 11) is 0. The Morgan fingerprint density at radius 1 is 1.11 bits per heavy atom. The molecule has 0 fully saturated rings. The number of pyridine rings is 1. The van der Waals surface area contributed by atoms with Crippen LogP contribution in [-0.4, -0.2) is 15.0 Å². The summed E-state index contributed by atoms with van der Waals surface area (Å²) in [5.74, 6) is 0.766. The summed E-state index contributed by atoms with van der Waals surface area (Å²) in [6.45, 7) is 8.02. The second-order valence-electron chi connectivity index (χ2n) is 4.44. The number of aryl methyl sites for hydroxylation is 3. The largest absolute Gasteiger partial charge is 0.246 e. The van der Waals surface area contributed by atoms with Crippen LogP contribution in [0.25, 0.3) is 0 Å². The van der Waals surface area contributed by atoms with Crippen molar-refractivity contribution in [2.75, 3.05) is 0 Å². The summed E-state index contributed by atoms with van der Waals surface area (Å²) in [5, 5.41) is 2.35. The lowest BCUT2D eigenvalue weighted by Gasteiger charge is -2.08. The van der Waals surface area contributed by atoms with Gasteiger partial charge in [-0.2, -0.15) is 0 Å². The molecule has 2 heterocycles. The van der Waals surface area contributed by atoms with Gasteiger partial charge in [0.2, 0.25) is 0 Å². The first-order chi connectivity index (χ1) is 8.99. The number of aromatic nitrogens is 3. The van der Waals surface area contributed by atoms with Crippen molar-refractivity contribution >= 4 is 23.4 Å². The first-order valence-corrected chi connectivity index (χ1v) is 7.35. The molecule has 0 atom stereocenters. The molecule has 2 aromatic rings. The first-order valence-electron chi connectivity index (χ1n) is 6.15. The second-order valence-corrected chi connectivity index (χ2v) is 5.81. The van der Waals surface area contributed by atoms with Gasteiger partial charge in [0.25, 0.3) is 0 Å². The summed E-state index contributed by atoms with van der Waals surface area (Å²) in [6, 6.07) is 4.11. The maximum Gasteiger partial charge on any atom is 0.136 e. The quantitative estimate of drug-likeness (QED) is 0.796. The van der Waals surface area contributed by atoms with Crippen molar-refractivity contribution < 1.29 is 0 Å². The molecule has 0 aliphatic rings. The van der Waals surface area contributed by atoms with E-state index in [0.717, 1.165) is 33.6 Å². The highest BCUT2D eigenvalue weighted by molar-refractivity contribution is 7.99. The van der Waals surface area contributed by atoms with Gasteiger partial charge in [-0.15, -0.1) is 0 Å². The van der Waals surface area contributed by atoms with E-state index < -0.39 is 0 Å². The molecule has 2 rings (SSSR count). The molecule has 0 saturated carbocycles. The molecule has 0 bridgehead atoms. The number of nitrogens with zero attached hydrogens (tertiary/aromatic N) is 3. The topological polar surface area (TPSA) is 38.7 Å². The monoisotopic (exact) mass is 293 g/mol. The van der Waals surface area contributed by atoms with Crippen LogP contribution < -0.4 is 0 Å². The average molecular weight is 294 g/mol. The third-order valence-corrected chi connectivity index (χ3v) is 4.06. The molecular weight excluding hydrogens is 278 g/mol. The normalized spacial score (nSPS) is 10.8. The SMILES string of the molecule is CCc1nc(Cl)c(C)c(Sc2cc(C)cc(C)n2)n1. The third-order valence-electron chi connectivity index (χ3n) is 2.68. The zero-order chi connectivity index (χ0) is 14.0. The van der Waals surface area contributed by atoms with E-state index in [9.17, 15) is 0 Å². The van der Waals surface area contributed by atoms with Crippen LogP contribution in [0.15, 0.2) is 22.2 Å². The standard InChI is InChI=1S/C14H16ClN3S/c1-5-11-17-13(15)10(4)14(18-11)19-12-7-8(2)6-9(3)16-12/h6-7H,5H2,1-4H3. The second kappa shape index (κ2) is 5.88. The van der Waals surface area contributed by atoms with Crippen molar-refractivity contribution in [3.05, 3.63) is 39.9 Å². The van der Waals surface area contributed by atoms with E-state index in [1.165, 1.54) is 17.3 Å². The minimum absolute atomic E-state index is 0.527. The highest BCUT2D eigenvalue weighted by Crippen LogP contribution is 2.30. The maximum absolute atomic E-state index is 6.14. The molecule has 0 amide bonds. The van der Waals surface area contributed by atoms with E-state index in [-0.39, 0.29) is 0 Å². The molecule has 19 heavy (non-hydrogen) atoms. The van der Waals surface area contributed by atoms with Crippen LogP contribution in [0, 0.1) is 20.8 Å². The van der Waals surface area contributed by atoms with Gasteiger partial charge in [-0.25, -0.2) is 15.0 Å². The number of hydrogen-bond acceptors (Lipinski definition) is 4. The Morgan fingerprint density at radius 2 is 1.84 bits per heavy atom. The van der Waals surface area contributed by atoms with E-state index in [1.54, 1.807) is 0 Å². The number of hydrogen-bond donors (Lipinski definition) is 0. The van der Waals surface area contributed by atoms with Crippen molar-refractivity contribution in [1.82, 2.24) is 15.0 Å². The molecule has 100 valence electrons. The zero-order valence-corrected chi connectivity index (χ0v) is 13.1. The lowest BCUT2D eigenvalue weighted by molar-refractivity contribution is 0.870. The Balaban J connectivity index is 2.39. The Morgan fingerprint density at radius 3 is 2.47 bits per heavy atom. The van der Waals surface area contributed by atoms with E-state index in [1.807, 2.05) is 20.8 Å². The fourth-order valence-corrected chi connectivity index (χ4v) is 3.00. The molecule has 0 radical (unpaired) electrons. The summed E-state index contributed by atoms with van der Waals surface area (Å²) in [4.78, 5) is 13.3. The van der Waals surface area contributed by atoms with Crippen molar-refractivity contribution in [3.63, 3.8) is 0 Å². The third kappa shape index (κ3) is 3.45. The van der Waals surface area contributed by atoms with Crippen molar-refractivity contribution in [1.29, 1.82) is 0 Å². The molecule has 5 heteroatoms. The predicted molar refractivity (Wildman–Crippen MR) is 79.0 cm³/mol. The smallest absolute Gasteiger partial charge is 0.136 e. The molecule has 0 aliphatic heterocycles. The summed E-state index contributed by atoms with van der Waals surface area (Å²) < 4.78 is 0. The molecular formula is C14H16ClN3S. The van der Waals surface area contributed by atoms with Gasteiger partial charge in [-0.1, -0.05) is 18.5 Å². The Labute approximate surface area is 122 Å². The lowest BCUT2D eigenvalue weighted by atomic mass is 10.3.